The Balaban J connectivity index is 2.07. The molecule has 1 N–H and O–H groups in total. The smallest absolute Gasteiger partial charge is 0.125 e. The summed E-state index contributed by atoms with van der Waals surface area (Å²) in [5.74, 6) is -0.157. The summed E-state index contributed by atoms with van der Waals surface area (Å²) in [5.41, 5.74) is 1.35. The van der Waals surface area contributed by atoms with E-state index in [1.807, 2.05) is 6.07 Å². The molecule has 0 aromatic heterocycles. The predicted molar refractivity (Wildman–Crippen MR) is 74.5 cm³/mol. The molecule has 0 radical (unpaired) electrons. The quantitative estimate of drug-likeness (QED) is 0.883. The van der Waals surface area contributed by atoms with Crippen molar-refractivity contribution in [2.75, 3.05) is 31.6 Å². The standard InChI is InChI=1S/C15H23FN2/c1-3-15(7-9-17-10-8-15)12-18(2)14-6-4-5-13(16)11-14/h4-6,11,17H,3,7-10,12H2,1-2H3. The van der Waals surface area contributed by atoms with E-state index in [1.54, 1.807) is 12.1 Å². The summed E-state index contributed by atoms with van der Waals surface area (Å²) in [7, 11) is 2.06. The third-order valence-corrected chi connectivity index (χ3v) is 4.24. The molecule has 0 unspecified atom stereocenters. The molecule has 0 spiro atoms. The monoisotopic (exact) mass is 250 g/mol. The van der Waals surface area contributed by atoms with Crippen molar-refractivity contribution in [2.45, 2.75) is 26.2 Å². The summed E-state index contributed by atoms with van der Waals surface area (Å²) in [5, 5.41) is 3.42. The highest BCUT2D eigenvalue weighted by Gasteiger charge is 2.31. The molecule has 1 aromatic rings. The maximum absolute atomic E-state index is 13.2. The van der Waals surface area contributed by atoms with Crippen LogP contribution in [0.4, 0.5) is 10.1 Å². The first kappa shape index (κ1) is 13.3. The van der Waals surface area contributed by atoms with Gasteiger partial charge in [-0.2, -0.15) is 0 Å². The van der Waals surface area contributed by atoms with Crippen molar-refractivity contribution in [1.29, 1.82) is 0 Å². The zero-order valence-electron chi connectivity index (χ0n) is 11.4. The van der Waals surface area contributed by atoms with Crippen LogP contribution < -0.4 is 10.2 Å². The first-order valence-electron chi connectivity index (χ1n) is 6.83. The fraction of sp³-hybridized carbons (Fsp3) is 0.600. The van der Waals surface area contributed by atoms with E-state index < -0.39 is 0 Å². The first-order chi connectivity index (χ1) is 8.65. The van der Waals surface area contributed by atoms with Crippen molar-refractivity contribution >= 4 is 5.69 Å². The van der Waals surface area contributed by atoms with Crippen molar-refractivity contribution in [3.8, 4) is 0 Å². The molecule has 1 aliphatic heterocycles. The Morgan fingerprint density at radius 1 is 1.33 bits per heavy atom. The van der Waals surface area contributed by atoms with E-state index in [-0.39, 0.29) is 5.82 Å². The van der Waals surface area contributed by atoms with Crippen LogP contribution >= 0.6 is 0 Å². The van der Waals surface area contributed by atoms with Gasteiger partial charge in [-0.1, -0.05) is 13.0 Å². The van der Waals surface area contributed by atoms with Gasteiger partial charge >= 0.3 is 0 Å². The summed E-state index contributed by atoms with van der Waals surface area (Å²) in [6, 6.07) is 6.87. The Kier molecular flexibility index (Phi) is 4.23. The molecule has 0 atom stereocenters. The fourth-order valence-electron chi connectivity index (χ4n) is 2.89. The maximum Gasteiger partial charge on any atom is 0.125 e. The van der Waals surface area contributed by atoms with Gasteiger partial charge in [-0.25, -0.2) is 4.39 Å². The van der Waals surface area contributed by atoms with Gasteiger partial charge in [0.05, 0.1) is 0 Å². The lowest BCUT2D eigenvalue weighted by molar-refractivity contribution is 0.200. The first-order valence-corrected chi connectivity index (χ1v) is 6.83. The normalized spacial score (nSPS) is 18.6. The number of benzene rings is 1. The van der Waals surface area contributed by atoms with Gasteiger partial charge in [0.2, 0.25) is 0 Å². The average molecular weight is 250 g/mol. The van der Waals surface area contributed by atoms with E-state index >= 15 is 0 Å². The molecule has 1 heterocycles. The molecular formula is C15H23FN2. The Hall–Kier alpha value is -1.09. The third-order valence-electron chi connectivity index (χ3n) is 4.24. The molecule has 1 saturated heterocycles. The van der Waals surface area contributed by atoms with Gasteiger partial charge in [0, 0.05) is 19.3 Å². The highest BCUT2D eigenvalue weighted by molar-refractivity contribution is 5.45. The molecule has 0 aliphatic carbocycles. The van der Waals surface area contributed by atoms with Crippen LogP contribution in [0, 0.1) is 11.2 Å². The lowest BCUT2D eigenvalue weighted by Gasteiger charge is -2.40. The molecule has 0 saturated carbocycles. The topological polar surface area (TPSA) is 15.3 Å². The number of piperidine rings is 1. The number of hydrogen-bond acceptors (Lipinski definition) is 2. The number of rotatable bonds is 4. The van der Waals surface area contributed by atoms with E-state index in [2.05, 4.69) is 24.2 Å². The molecule has 0 bridgehead atoms. The highest BCUT2D eigenvalue weighted by atomic mass is 19.1. The number of nitrogens with zero attached hydrogens (tertiary/aromatic N) is 1. The van der Waals surface area contributed by atoms with Crippen molar-refractivity contribution in [3.63, 3.8) is 0 Å². The van der Waals surface area contributed by atoms with Crippen molar-refractivity contribution in [1.82, 2.24) is 5.32 Å². The zero-order valence-corrected chi connectivity index (χ0v) is 11.4. The summed E-state index contributed by atoms with van der Waals surface area (Å²) >= 11 is 0. The summed E-state index contributed by atoms with van der Waals surface area (Å²) in [6.07, 6.45) is 3.61. The Bertz CT molecular complexity index is 386. The Morgan fingerprint density at radius 3 is 2.67 bits per heavy atom. The summed E-state index contributed by atoms with van der Waals surface area (Å²) in [6.45, 7) is 5.48. The van der Waals surface area contributed by atoms with Crippen LogP contribution in [0.5, 0.6) is 0 Å². The average Bonchev–Trinajstić information content (AvgIpc) is 2.40. The van der Waals surface area contributed by atoms with E-state index in [4.69, 9.17) is 0 Å². The molecule has 2 nitrogen and oxygen atoms in total. The van der Waals surface area contributed by atoms with Gasteiger partial charge in [0.25, 0.3) is 0 Å². The second-order valence-corrected chi connectivity index (χ2v) is 5.44. The van der Waals surface area contributed by atoms with Crippen molar-refractivity contribution < 1.29 is 4.39 Å². The van der Waals surface area contributed by atoms with Crippen molar-refractivity contribution in [2.24, 2.45) is 5.41 Å². The van der Waals surface area contributed by atoms with E-state index in [1.165, 1.54) is 25.3 Å². The molecule has 18 heavy (non-hydrogen) atoms. The Morgan fingerprint density at radius 2 is 2.06 bits per heavy atom. The molecule has 1 fully saturated rings. The van der Waals surface area contributed by atoms with Crippen LogP contribution in [-0.4, -0.2) is 26.7 Å². The number of halogens is 1. The SMILES string of the molecule is CCC1(CN(C)c2cccc(F)c2)CCNCC1. The lowest BCUT2D eigenvalue weighted by Crippen LogP contribution is -2.43. The van der Waals surface area contributed by atoms with Crippen LogP contribution in [0.1, 0.15) is 26.2 Å². The Labute approximate surface area is 109 Å². The van der Waals surface area contributed by atoms with Crippen LogP contribution in [0.25, 0.3) is 0 Å². The van der Waals surface area contributed by atoms with Crippen LogP contribution in [0.3, 0.4) is 0 Å². The van der Waals surface area contributed by atoms with Gasteiger partial charge in [0.15, 0.2) is 0 Å². The van der Waals surface area contributed by atoms with Gasteiger partial charge in [-0.3, -0.25) is 0 Å². The van der Waals surface area contributed by atoms with Crippen LogP contribution in [0.2, 0.25) is 0 Å². The van der Waals surface area contributed by atoms with Gasteiger partial charge in [-0.05, 0) is 56.0 Å². The van der Waals surface area contributed by atoms with E-state index in [0.29, 0.717) is 5.41 Å². The summed E-state index contributed by atoms with van der Waals surface area (Å²) < 4.78 is 13.2. The molecular weight excluding hydrogens is 227 g/mol. The fourth-order valence-corrected chi connectivity index (χ4v) is 2.89. The van der Waals surface area contributed by atoms with Crippen LogP contribution in [-0.2, 0) is 0 Å². The van der Waals surface area contributed by atoms with Gasteiger partial charge in [-0.15, -0.1) is 0 Å². The molecule has 2 rings (SSSR count). The van der Waals surface area contributed by atoms with E-state index in [0.717, 1.165) is 25.3 Å². The minimum atomic E-state index is -0.157. The summed E-state index contributed by atoms with van der Waals surface area (Å²) in [4.78, 5) is 2.19. The van der Waals surface area contributed by atoms with Crippen molar-refractivity contribution in [3.05, 3.63) is 30.1 Å². The number of anilines is 1. The van der Waals surface area contributed by atoms with Crippen LogP contribution in [0.15, 0.2) is 24.3 Å². The largest absolute Gasteiger partial charge is 0.374 e. The van der Waals surface area contributed by atoms with Gasteiger partial charge in [0.1, 0.15) is 5.82 Å². The zero-order chi connectivity index (χ0) is 13.0. The van der Waals surface area contributed by atoms with E-state index in [9.17, 15) is 4.39 Å². The second kappa shape index (κ2) is 5.70. The highest BCUT2D eigenvalue weighted by Crippen LogP contribution is 2.34. The number of nitrogens with one attached hydrogen (secondary N) is 1. The third kappa shape index (κ3) is 3.02. The minimum Gasteiger partial charge on any atom is -0.374 e. The molecule has 3 heteroatoms. The minimum absolute atomic E-state index is 0.157. The second-order valence-electron chi connectivity index (χ2n) is 5.44. The van der Waals surface area contributed by atoms with Gasteiger partial charge < -0.3 is 10.2 Å². The maximum atomic E-state index is 13.2. The predicted octanol–water partition coefficient (Wildman–Crippen LogP) is 3.04. The number of hydrogen-bond donors (Lipinski definition) is 1. The molecule has 100 valence electrons. The molecule has 0 amide bonds. The molecule has 1 aromatic carbocycles. The lowest BCUT2D eigenvalue weighted by atomic mass is 9.76. The molecule has 1 aliphatic rings.